The number of rotatable bonds is 10. The molecule has 2 aromatic heterocycles. The van der Waals surface area contributed by atoms with E-state index in [9.17, 15) is 13.6 Å². The van der Waals surface area contributed by atoms with Crippen molar-refractivity contribution >= 4 is 11.4 Å². The van der Waals surface area contributed by atoms with E-state index in [1.54, 1.807) is 24.4 Å². The average Bonchev–Trinajstić information content (AvgIpc) is 3.05. The van der Waals surface area contributed by atoms with Crippen LogP contribution in [0, 0.1) is 36.8 Å². The molecule has 3 aromatic rings. The van der Waals surface area contributed by atoms with Crippen LogP contribution in [0.3, 0.4) is 0 Å². The summed E-state index contributed by atoms with van der Waals surface area (Å²) in [6.45, 7) is 3.14. The van der Waals surface area contributed by atoms with Crippen LogP contribution in [0.1, 0.15) is 66.0 Å². The molecule has 0 aliphatic heterocycles. The van der Waals surface area contributed by atoms with E-state index in [4.69, 9.17) is 10.00 Å². The Hall–Kier alpha value is -3.34. The lowest BCUT2D eigenvalue weighted by Crippen LogP contribution is -2.08. The number of hydrogen-bond donors (Lipinski definition) is 0. The molecule has 3 rings (SSSR count). The molecule has 162 valence electrons. The van der Waals surface area contributed by atoms with Gasteiger partial charge < -0.3 is 4.74 Å². The number of ether oxygens (including phenoxy) is 1. The summed E-state index contributed by atoms with van der Waals surface area (Å²) in [5, 5.41) is 8.58. The molecular weight excluding hydrogens is 402 g/mol. The summed E-state index contributed by atoms with van der Waals surface area (Å²) >= 11 is 0. The Morgan fingerprint density at radius 1 is 1.13 bits per heavy atom. The van der Waals surface area contributed by atoms with E-state index < -0.39 is 11.6 Å². The Morgan fingerprint density at radius 3 is 2.55 bits per heavy atom. The van der Waals surface area contributed by atoms with Crippen molar-refractivity contribution < 1.29 is 18.3 Å². The number of carbonyl (C=O) groups excluding carboxylic acids is 1. The van der Waals surface area contributed by atoms with Crippen LogP contribution in [0.25, 0.3) is 5.65 Å². The summed E-state index contributed by atoms with van der Waals surface area (Å²) in [7, 11) is 0. The predicted octanol–water partition coefficient (Wildman–Crippen LogP) is 5.25. The number of hydrogen-bond acceptors (Lipinski definition) is 5. The SMILES string of the molecule is Cc1cn2c(C(=O)CCCCCCC#N)c(C)nc2c(OCc2c(F)cccc2F)n1. The molecule has 0 bridgehead atoms. The molecule has 0 fully saturated rings. The molecule has 0 amide bonds. The Morgan fingerprint density at radius 2 is 1.84 bits per heavy atom. The highest BCUT2D eigenvalue weighted by Crippen LogP contribution is 2.24. The number of carbonyl (C=O) groups is 1. The molecule has 2 heterocycles. The van der Waals surface area contributed by atoms with Crippen molar-refractivity contribution in [2.75, 3.05) is 0 Å². The van der Waals surface area contributed by atoms with Gasteiger partial charge in [0.25, 0.3) is 5.88 Å². The van der Waals surface area contributed by atoms with Crippen molar-refractivity contribution in [3.63, 3.8) is 0 Å². The van der Waals surface area contributed by atoms with Gasteiger partial charge in [-0.05, 0) is 38.8 Å². The summed E-state index contributed by atoms with van der Waals surface area (Å²) in [6, 6.07) is 5.73. The number of aryl methyl sites for hydroxylation is 2. The number of halogens is 2. The van der Waals surface area contributed by atoms with E-state index in [2.05, 4.69) is 16.0 Å². The van der Waals surface area contributed by atoms with Gasteiger partial charge in [-0.15, -0.1) is 0 Å². The Balaban J connectivity index is 1.79. The minimum atomic E-state index is -0.700. The van der Waals surface area contributed by atoms with Crippen LogP contribution < -0.4 is 4.74 Å². The third kappa shape index (κ3) is 5.23. The van der Waals surface area contributed by atoms with Crippen LogP contribution in [-0.2, 0) is 6.61 Å². The number of Topliss-reactive ketones (excluding diaryl/α,β-unsaturated/α-hetero) is 1. The Kier molecular flexibility index (Phi) is 7.29. The zero-order chi connectivity index (χ0) is 22.4. The molecule has 1 aromatic carbocycles. The van der Waals surface area contributed by atoms with Crippen LogP contribution in [0.2, 0.25) is 0 Å². The van der Waals surface area contributed by atoms with Gasteiger partial charge in [-0.25, -0.2) is 18.7 Å². The zero-order valence-corrected chi connectivity index (χ0v) is 17.6. The summed E-state index contributed by atoms with van der Waals surface area (Å²) in [5.74, 6) is -1.33. The molecule has 0 atom stereocenters. The molecule has 8 heteroatoms. The van der Waals surface area contributed by atoms with Crippen molar-refractivity contribution in [1.29, 1.82) is 5.26 Å². The van der Waals surface area contributed by atoms with E-state index in [0.29, 0.717) is 35.6 Å². The first-order chi connectivity index (χ1) is 14.9. The fraction of sp³-hybridized carbons (Fsp3) is 0.391. The number of unbranched alkanes of at least 4 members (excludes halogenated alkanes) is 4. The molecule has 0 aliphatic carbocycles. The van der Waals surface area contributed by atoms with E-state index in [1.165, 1.54) is 6.07 Å². The van der Waals surface area contributed by atoms with Crippen molar-refractivity contribution in [2.45, 2.75) is 59.0 Å². The van der Waals surface area contributed by atoms with Gasteiger partial charge in [-0.2, -0.15) is 5.26 Å². The lowest BCUT2D eigenvalue weighted by molar-refractivity contribution is 0.0972. The van der Waals surface area contributed by atoms with Crippen LogP contribution in [0.5, 0.6) is 5.88 Å². The zero-order valence-electron chi connectivity index (χ0n) is 17.6. The van der Waals surface area contributed by atoms with Gasteiger partial charge in [0.2, 0.25) is 5.65 Å². The van der Waals surface area contributed by atoms with Gasteiger partial charge in [0.05, 0.1) is 23.0 Å². The second kappa shape index (κ2) is 10.1. The Bertz CT molecular complexity index is 1110. The number of aromatic nitrogens is 3. The van der Waals surface area contributed by atoms with E-state index in [-0.39, 0.29) is 23.8 Å². The first kappa shape index (κ1) is 22.3. The number of fused-ring (bicyclic) bond motifs is 1. The first-order valence-corrected chi connectivity index (χ1v) is 10.2. The third-order valence-electron chi connectivity index (χ3n) is 4.99. The summed E-state index contributed by atoms with van der Waals surface area (Å²) in [4.78, 5) is 21.6. The maximum Gasteiger partial charge on any atom is 0.258 e. The fourth-order valence-electron chi connectivity index (χ4n) is 3.45. The molecule has 6 nitrogen and oxygen atoms in total. The minimum absolute atomic E-state index is 0.0398. The number of nitrogens with zero attached hydrogens (tertiary/aromatic N) is 4. The van der Waals surface area contributed by atoms with Gasteiger partial charge >= 0.3 is 0 Å². The van der Waals surface area contributed by atoms with E-state index in [0.717, 1.165) is 37.8 Å². The van der Waals surface area contributed by atoms with Crippen LogP contribution in [0.15, 0.2) is 24.4 Å². The molecule has 0 unspecified atom stereocenters. The van der Waals surface area contributed by atoms with Crippen molar-refractivity contribution in [1.82, 2.24) is 14.4 Å². The smallest absolute Gasteiger partial charge is 0.258 e. The summed E-state index contributed by atoms with van der Waals surface area (Å²) < 4.78 is 35.1. The van der Waals surface area contributed by atoms with Gasteiger partial charge in [-0.1, -0.05) is 18.9 Å². The maximum absolute atomic E-state index is 13.9. The number of nitriles is 1. The molecule has 0 saturated heterocycles. The van der Waals surface area contributed by atoms with Crippen molar-refractivity contribution in [3.05, 3.63) is 58.7 Å². The molecular formula is C23H24F2N4O2. The quantitative estimate of drug-likeness (QED) is 0.327. The van der Waals surface area contributed by atoms with Crippen LogP contribution >= 0.6 is 0 Å². The number of imidazole rings is 1. The molecule has 0 N–H and O–H groups in total. The van der Waals surface area contributed by atoms with E-state index in [1.807, 2.05) is 0 Å². The first-order valence-electron chi connectivity index (χ1n) is 10.2. The maximum atomic E-state index is 13.9. The normalized spacial score (nSPS) is 10.9. The largest absolute Gasteiger partial charge is 0.470 e. The number of benzene rings is 1. The van der Waals surface area contributed by atoms with Crippen molar-refractivity contribution in [2.24, 2.45) is 0 Å². The van der Waals surface area contributed by atoms with Gasteiger partial charge in [0.15, 0.2) is 5.78 Å². The highest BCUT2D eigenvalue weighted by molar-refractivity contribution is 5.96. The highest BCUT2D eigenvalue weighted by atomic mass is 19.1. The van der Waals surface area contributed by atoms with Crippen molar-refractivity contribution in [3.8, 4) is 11.9 Å². The minimum Gasteiger partial charge on any atom is -0.470 e. The lowest BCUT2D eigenvalue weighted by atomic mass is 10.1. The number of ketones is 1. The van der Waals surface area contributed by atoms with Crippen LogP contribution in [0.4, 0.5) is 8.78 Å². The van der Waals surface area contributed by atoms with E-state index >= 15 is 0 Å². The summed E-state index contributed by atoms with van der Waals surface area (Å²) in [6.07, 6.45) is 5.98. The third-order valence-corrected chi connectivity index (χ3v) is 4.99. The standard InChI is InChI=1S/C23H24F2N4O2/c1-15-13-29-21(20(30)11-6-4-3-5-7-12-26)16(2)28-22(29)23(27-15)31-14-17-18(24)9-8-10-19(17)25/h8-10,13H,3-7,11,14H2,1-2H3. The van der Waals surface area contributed by atoms with Gasteiger partial charge in [0.1, 0.15) is 23.9 Å². The second-order valence-corrected chi connectivity index (χ2v) is 7.41. The highest BCUT2D eigenvalue weighted by Gasteiger charge is 2.20. The molecule has 31 heavy (non-hydrogen) atoms. The Labute approximate surface area is 179 Å². The fourth-order valence-corrected chi connectivity index (χ4v) is 3.45. The molecule has 0 aliphatic rings. The molecule has 0 saturated carbocycles. The topological polar surface area (TPSA) is 80.3 Å². The average molecular weight is 426 g/mol. The summed E-state index contributed by atoms with van der Waals surface area (Å²) in [5.41, 5.74) is 1.72. The predicted molar refractivity (Wildman–Crippen MR) is 111 cm³/mol. The lowest BCUT2D eigenvalue weighted by Gasteiger charge is -2.10. The van der Waals surface area contributed by atoms with Gasteiger partial charge in [0, 0.05) is 19.0 Å². The monoisotopic (exact) mass is 426 g/mol. The molecule has 0 radical (unpaired) electrons. The second-order valence-electron chi connectivity index (χ2n) is 7.41. The van der Waals surface area contributed by atoms with Crippen LogP contribution in [-0.4, -0.2) is 20.2 Å². The molecule has 0 spiro atoms. The van der Waals surface area contributed by atoms with Gasteiger partial charge in [-0.3, -0.25) is 9.20 Å².